The first-order chi connectivity index (χ1) is 9.49. The second-order valence-electron chi connectivity index (χ2n) is 5.00. The van der Waals surface area contributed by atoms with Gasteiger partial charge in [-0.2, -0.15) is 0 Å². The standard InChI is InChI=1S/C14H23N3O3/c1-11(2)16(7-4-8-18)10-12-5-6-14(17(19)20)13(9-12)15-3/h5-6,9,11,15,18H,4,7-8,10H2,1-3H3. The number of benzene rings is 1. The van der Waals surface area contributed by atoms with Crippen molar-refractivity contribution in [3.8, 4) is 0 Å². The lowest BCUT2D eigenvalue weighted by atomic mass is 10.1. The first-order valence-corrected chi connectivity index (χ1v) is 6.79. The van der Waals surface area contributed by atoms with Crippen LogP contribution in [0.5, 0.6) is 0 Å². The summed E-state index contributed by atoms with van der Waals surface area (Å²) in [4.78, 5) is 12.7. The highest BCUT2D eigenvalue weighted by atomic mass is 16.6. The number of rotatable bonds is 8. The minimum atomic E-state index is -0.387. The maximum atomic E-state index is 10.9. The number of aliphatic hydroxyl groups is 1. The molecule has 0 unspecified atom stereocenters. The number of nitro groups is 1. The van der Waals surface area contributed by atoms with Crippen LogP contribution < -0.4 is 5.32 Å². The zero-order chi connectivity index (χ0) is 15.1. The predicted molar refractivity (Wildman–Crippen MR) is 79.9 cm³/mol. The number of nitro benzene ring substituents is 1. The van der Waals surface area contributed by atoms with Crippen LogP contribution in [-0.2, 0) is 6.54 Å². The predicted octanol–water partition coefficient (Wildman–Crippen LogP) is 2.23. The van der Waals surface area contributed by atoms with Crippen molar-refractivity contribution < 1.29 is 10.0 Å². The summed E-state index contributed by atoms with van der Waals surface area (Å²) in [7, 11) is 1.68. The topological polar surface area (TPSA) is 78.6 Å². The highest BCUT2D eigenvalue weighted by Crippen LogP contribution is 2.25. The van der Waals surface area contributed by atoms with E-state index in [9.17, 15) is 10.1 Å². The quantitative estimate of drug-likeness (QED) is 0.564. The fraction of sp³-hybridized carbons (Fsp3) is 0.571. The highest BCUT2D eigenvalue weighted by Gasteiger charge is 2.15. The van der Waals surface area contributed by atoms with E-state index in [0.717, 1.165) is 18.5 Å². The summed E-state index contributed by atoms with van der Waals surface area (Å²) in [5.74, 6) is 0. The molecular formula is C14H23N3O3. The molecule has 112 valence electrons. The Morgan fingerprint density at radius 2 is 2.15 bits per heavy atom. The number of hydrogen-bond acceptors (Lipinski definition) is 5. The molecule has 0 bridgehead atoms. The Bertz CT molecular complexity index is 449. The van der Waals surface area contributed by atoms with Gasteiger partial charge in [0.2, 0.25) is 0 Å². The van der Waals surface area contributed by atoms with Crippen molar-refractivity contribution in [2.24, 2.45) is 0 Å². The van der Waals surface area contributed by atoms with Crippen LogP contribution in [0.1, 0.15) is 25.8 Å². The summed E-state index contributed by atoms with van der Waals surface area (Å²) in [5.41, 5.74) is 1.63. The third kappa shape index (κ3) is 4.47. The molecule has 1 aromatic rings. The fourth-order valence-electron chi connectivity index (χ4n) is 2.07. The van der Waals surface area contributed by atoms with Crippen LogP contribution >= 0.6 is 0 Å². The van der Waals surface area contributed by atoms with Gasteiger partial charge in [-0.1, -0.05) is 6.07 Å². The Labute approximate surface area is 119 Å². The minimum absolute atomic E-state index is 0.0858. The van der Waals surface area contributed by atoms with Crippen LogP contribution in [0.25, 0.3) is 0 Å². The Hall–Kier alpha value is -1.66. The summed E-state index contributed by atoms with van der Waals surface area (Å²) in [5, 5.41) is 22.7. The largest absolute Gasteiger partial charge is 0.396 e. The molecule has 0 saturated heterocycles. The third-order valence-electron chi connectivity index (χ3n) is 3.25. The van der Waals surface area contributed by atoms with E-state index < -0.39 is 0 Å². The summed E-state index contributed by atoms with van der Waals surface area (Å²) in [6.45, 7) is 5.89. The Morgan fingerprint density at radius 1 is 1.45 bits per heavy atom. The van der Waals surface area contributed by atoms with E-state index in [4.69, 9.17) is 5.11 Å². The second-order valence-corrected chi connectivity index (χ2v) is 5.00. The molecule has 0 spiro atoms. The van der Waals surface area contributed by atoms with Gasteiger partial charge in [0.05, 0.1) is 4.92 Å². The van der Waals surface area contributed by atoms with Crippen molar-refractivity contribution in [2.75, 3.05) is 25.5 Å². The molecule has 0 aliphatic heterocycles. The maximum absolute atomic E-state index is 10.9. The van der Waals surface area contributed by atoms with Crippen LogP contribution in [0.2, 0.25) is 0 Å². The third-order valence-corrected chi connectivity index (χ3v) is 3.25. The number of anilines is 1. The number of nitrogens with zero attached hydrogens (tertiary/aromatic N) is 2. The van der Waals surface area contributed by atoms with Gasteiger partial charge in [0.15, 0.2) is 0 Å². The lowest BCUT2D eigenvalue weighted by molar-refractivity contribution is -0.384. The molecular weight excluding hydrogens is 258 g/mol. The SMILES string of the molecule is CNc1cc(CN(CCCO)C(C)C)ccc1[N+](=O)[O-]. The van der Waals surface area contributed by atoms with E-state index in [1.165, 1.54) is 6.07 Å². The van der Waals surface area contributed by atoms with E-state index in [0.29, 0.717) is 18.3 Å². The number of aliphatic hydroxyl groups excluding tert-OH is 1. The molecule has 6 heteroatoms. The molecule has 6 nitrogen and oxygen atoms in total. The van der Waals surface area contributed by atoms with Crippen molar-refractivity contribution in [3.05, 3.63) is 33.9 Å². The van der Waals surface area contributed by atoms with Gasteiger partial charge in [0.25, 0.3) is 5.69 Å². The lowest BCUT2D eigenvalue weighted by Gasteiger charge is -2.26. The molecule has 0 radical (unpaired) electrons. The second kappa shape index (κ2) is 7.81. The van der Waals surface area contributed by atoms with Gasteiger partial charge in [-0.15, -0.1) is 0 Å². The number of nitrogens with one attached hydrogen (secondary N) is 1. The van der Waals surface area contributed by atoms with Gasteiger partial charge in [-0.3, -0.25) is 15.0 Å². The van der Waals surface area contributed by atoms with Crippen LogP contribution in [0.4, 0.5) is 11.4 Å². The highest BCUT2D eigenvalue weighted by molar-refractivity contribution is 5.62. The first-order valence-electron chi connectivity index (χ1n) is 6.79. The molecule has 0 saturated carbocycles. The summed E-state index contributed by atoms with van der Waals surface area (Å²) >= 11 is 0. The van der Waals surface area contributed by atoms with Crippen molar-refractivity contribution in [3.63, 3.8) is 0 Å². The van der Waals surface area contributed by atoms with Crippen molar-refractivity contribution in [2.45, 2.75) is 32.9 Å². The number of hydrogen-bond donors (Lipinski definition) is 2. The molecule has 0 aliphatic carbocycles. The molecule has 0 aliphatic rings. The first kappa shape index (κ1) is 16.4. The van der Waals surface area contributed by atoms with Crippen LogP contribution in [-0.4, -0.2) is 41.2 Å². The van der Waals surface area contributed by atoms with Crippen molar-refractivity contribution >= 4 is 11.4 Å². The van der Waals surface area contributed by atoms with Gasteiger partial charge in [-0.05, 0) is 31.9 Å². The van der Waals surface area contributed by atoms with Gasteiger partial charge < -0.3 is 10.4 Å². The Morgan fingerprint density at radius 3 is 2.65 bits per heavy atom. The molecule has 0 heterocycles. The average molecular weight is 281 g/mol. The van der Waals surface area contributed by atoms with Gasteiger partial charge in [0, 0.05) is 38.9 Å². The van der Waals surface area contributed by atoms with Crippen molar-refractivity contribution in [1.82, 2.24) is 4.90 Å². The van der Waals surface area contributed by atoms with Crippen LogP contribution in [0.15, 0.2) is 18.2 Å². The van der Waals surface area contributed by atoms with E-state index in [1.54, 1.807) is 13.1 Å². The monoisotopic (exact) mass is 281 g/mol. The van der Waals surface area contributed by atoms with Gasteiger partial charge in [-0.25, -0.2) is 0 Å². The van der Waals surface area contributed by atoms with E-state index >= 15 is 0 Å². The smallest absolute Gasteiger partial charge is 0.292 e. The van der Waals surface area contributed by atoms with E-state index in [-0.39, 0.29) is 17.2 Å². The summed E-state index contributed by atoms with van der Waals surface area (Å²) < 4.78 is 0. The Balaban J connectivity index is 2.87. The maximum Gasteiger partial charge on any atom is 0.292 e. The zero-order valence-electron chi connectivity index (χ0n) is 12.3. The zero-order valence-corrected chi connectivity index (χ0v) is 12.3. The Kier molecular flexibility index (Phi) is 6.41. The molecule has 0 aromatic heterocycles. The van der Waals surface area contributed by atoms with Gasteiger partial charge in [0.1, 0.15) is 5.69 Å². The molecule has 0 amide bonds. The molecule has 20 heavy (non-hydrogen) atoms. The normalized spacial score (nSPS) is 11.1. The molecule has 0 atom stereocenters. The molecule has 0 fully saturated rings. The van der Waals surface area contributed by atoms with Crippen molar-refractivity contribution in [1.29, 1.82) is 0 Å². The average Bonchev–Trinajstić information content (AvgIpc) is 2.42. The van der Waals surface area contributed by atoms with E-state index in [1.807, 2.05) is 6.07 Å². The molecule has 1 rings (SSSR count). The minimum Gasteiger partial charge on any atom is -0.396 e. The molecule has 1 aromatic carbocycles. The summed E-state index contributed by atoms with van der Waals surface area (Å²) in [6, 6.07) is 5.49. The van der Waals surface area contributed by atoms with E-state index in [2.05, 4.69) is 24.1 Å². The van der Waals surface area contributed by atoms with Gasteiger partial charge >= 0.3 is 0 Å². The fourth-order valence-corrected chi connectivity index (χ4v) is 2.07. The van der Waals surface area contributed by atoms with Crippen LogP contribution in [0.3, 0.4) is 0 Å². The molecule has 2 N–H and O–H groups in total. The lowest BCUT2D eigenvalue weighted by Crippen LogP contribution is -2.31. The summed E-state index contributed by atoms with van der Waals surface area (Å²) in [6.07, 6.45) is 0.726. The van der Waals surface area contributed by atoms with Crippen LogP contribution in [0, 0.1) is 10.1 Å².